The molecule has 1 aliphatic rings. The highest BCUT2D eigenvalue weighted by molar-refractivity contribution is 9.10. The molecule has 1 amide bonds. The minimum atomic E-state index is -0.177. The lowest BCUT2D eigenvalue weighted by molar-refractivity contribution is -0.115. The zero-order valence-corrected chi connectivity index (χ0v) is 20.6. The molecule has 0 spiro atoms. The number of amides is 1. The molecule has 1 saturated heterocycles. The van der Waals surface area contributed by atoms with E-state index >= 15 is 0 Å². The highest BCUT2D eigenvalue weighted by Gasteiger charge is 2.24. The molecule has 1 fully saturated rings. The Morgan fingerprint density at radius 3 is 2.66 bits per heavy atom. The van der Waals surface area contributed by atoms with Crippen molar-refractivity contribution in [3.8, 4) is 5.75 Å². The fourth-order valence-electron chi connectivity index (χ4n) is 3.03. The largest absolute Gasteiger partial charge is 0.488 e. The third kappa shape index (κ3) is 5.44. The predicted octanol–water partition coefficient (Wildman–Crippen LogP) is 7.19. The van der Waals surface area contributed by atoms with Gasteiger partial charge in [0.15, 0.2) is 5.17 Å². The van der Waals surface area contributed by atoms with Crippen LogP contribution in [0.4, 0.5) is 5.69 Å². The quantitative estimate of drug-likeness (QED) is 0.357. The van der Waals surface area contributed by atoms with Crippen molar-refractivity contribution in [2.24, 2.45) is 4.99 Å². The third-order valence-corrected chi connectivity index (χ3v) is 6.82. The maximum absolute atomic E-state index is 12.4. The van der Waals surface area contributed by atoms with Gasteiger partial charge in [0, 0.05) is 5.02 Å². The Labute approximate surface area is 204 Å². The van der Waals surface area contributed by atoms with Crippen LogP contribution in [0.25, 0.3) is 6.08 Å². The molecule has 4 rings (SSSR count). The van der Waals surface area contributed by atoms with Crippen LogP contribution in [0.3, 0.4) is 0 Å². The summed E-state index contributed by atoms with van der Waals surface area (Å²) in [5.74, 6) is 0.569. The van der Waals surface area contributed by atoms with Gasteiger partial charge in [-0.3, -0.25) is 4.79 Å². The van der Waals surface area contributed by atoms with Crippen LogP contribution in [0.1, 0.15) is 22.3 Å². The number of aryl methyl sites for hydroxylation is 1. The van der Waals surface area contributed by atoms with Gasteiger partial charge in [0.1, 0.15) is 12.4 Å². The molecule has 0 aromatic heterocycles. The molecule has 0 saturated carbocycles. The predicted molar refractivity (Wildman–Crippen MR) is 137 cm³/mol. The Hall–Kier alpha value is -2.54. The summed E-state index contributed by atoms with van der Waals surface area (Å²) in [4.78, 5) is 17.5. The maximum atomic E-state index is 12.4. The minimum Gasteiger partial charge on any atom is -0.488 e. The molecule has 3 aromatic rings. The first kappa shape index (κ1) is 22.6. The van der Waals surface area contributed by atoms with E-state index in [2.05, 4.69) is 57.4 Å². The van der Waals surface area contributed by atoms with Crippen molar-refractivity contribution in [2.45, 2.75) is 20.5 Å². The number of halogens is 2. The van der Waals surface area contributed by atoms with Crippen molar-refractivity contribution in [3.05, 3.63) is 97.3 Å². The lowest BCUT2D eigenvalue weighted by Crippen LogP contribution is -2.19. The van der Waals surface area contributed by atoms with E-state index in [0.717, 1.165) is 32.6 Å². The monoisotopic (exact) mass is 526 g/mol. The van der Waals surface area contributed by atoms with Gasteiger partial charge in [-0.25, -0.2) is 4.99 Å². The second-order valence-electron chi connectivity index (χ2n) is 7.33. The normalized spacial score (nSPS) is 15.9. The summed E-state index contributed by atoms with van der Waals surface area (Å²) in [6.45, 7) is 4.45. The molecule has 3 aromatic carbocycles. The van der Waals surface area contributed by atoms with Crippen molar-refractivity contribution in [2.75, 3.05) is 0 Å². The van der Waals surface area contributed by atoms with Crippen LogP contribution in [-0.2, 0) is 11.4 Å². The average molecular weight is 528 g/mol. The van der Waals surface area contributed by atoms with Crippen LogP contribution in [0, 0.1) is 13.8 Å². The second kappa shape index (κ2) is 9.94. The highest BCUT2D eigenvalue weighted by atomic mass is 79.9. The Kier molecular flexibility index (Phi) is 7.04. The molecular formula is C25H20BrClN2O2S. The number of aliphatic imine (C=N–C) groups is 1. The Morgan fingerprint density at radius 1 is 1.12 bits per heavy atom. The standard InChI is InChI=1S/C25H20BrClN2O2S/c1-15-6-8-17(9-7-15)14-31-22-11-10-18(12-19(22)26)13-23-24(30)29-25(32-23)28-21-5-3-4-20(27)16(21)2/h3-13H,14H2,1-2H3,(H,28,29,30)/b23-13+. The number of nitrogens with zero attached hydrogens (tertiary/aromatic N) is 1. The van der Waals surface area contributed by atoms with Crippen molar-refractivity contribution in [3.63, 3.8) is 0 Å². The number of carbonyl (C=O) groups is 1. The van der Waals surface area contributed by atoms with Crippen LogP contribution >= 0.6 is 39.3 Å². The fourth-order valence-corrected chi connectivity index (χ4v) is 4.54. The lowest BCUT2D eigenvalue weighted by atomic mass is 10.1. The smallest absolute Gasteiger partial charge is 0.264 e. The van der Waals surface area contributed by atoms with Gasteiger partial charge < -0.3 is 10.1 Å². The van der Waals surface area contributed by atoms with Crippen LogP contribution < -0.4 is 10.1 Å². The molecule has 0 radical (unpaired) electrons. The molecule has 0 unspecified atom stereocenters. The van der Waals surface area contributed by atoms with Gasteiger partial charge in [-0.1, -0.05) is 53.6 Å². The van der Waals surface area contributed by atoms with Gasteiger partial charge in [-0.15, -0.1) is 0 Å². The SMILES string of the molecule is Cc1ccc(COc2ccc(/C=C3/SC(=Nc4cccc(Cl)c4C)NC3=O)cc2Br)cc1. The molecule has 1 N–H and O–H groups in total. The van der Waals surface area contributed by atoms with E-state index < -0.39 is 0 Å². The van der Waals surface area contributed by atoms with Gasteiger partial charge in [0.2, 0.25) is 0 Å². The topological polar surface area (TPSA) is 50.7 Å². The number of carbonyl (C=O) groups excluding carboxylic acids is 1. The molecule has 1 aliphatic heterocycles. The first-order valence-electron chi connectivity index (χ1n) is 9.91. The number of benzene rings is 3. The van der Waals surface area contributed by atoms with Crippen LogP contribution in [0.2, 0.25) is 5.02 Å². The van der Waals surface area contributed by atoms with E-state index in [1.54, 1.807) is 0 Å². The van der Waals surface area contributed by atoms with E-state index in [-0.39, 0.29) is 5.91 Å². The van der Waals surface area contributed by atoms with Crippen LogP contribution in [0.15, 0.2) is 75.0 Å². The number of amidine groups is 1. The van der Waals surface area contributed by atoms with E-state index in [1.165, 1.54) is 17.3 Å². The summed E-state index contributed by atoms with van der Waals surface area (Å²) in [6, 6.07) is 19.5. The molecule has 0 bridgehead atoms. The summed E-state index contributed by atoms with van der Waals surface area (Å²) in [5.41, 5.74) is 4.82. The summed E-state index contributed by atoms with van der Waals surface area (Å²) in [7, 11) is 0. The molecule has 4 nitrogen and oxygen atoms in total. The Balaban J connectivity index is 1.47. The number of rotatable bonds is 5. The first-order valence-corrected chi connectivity index (χ1v) is 11.9. The van der Waals surface area contributed by atoms with E-state index in [1.807, 2.05) is 49.4 Å². The van der Waals surface area contributed by atoms with Gasteiger partial charge in [-0.05, 0) is 88.6 Å². The second-order valence-corrected chi connectivity index (χ2v) is 9.62. The van der Waals surface area contributed by atoms with Gasteiger partial charge in [0.25, 0.3) is 5.91 Å². The summed E-state index contributed by atoms with van der Waals surface area (Å²) in [5, 5.41) is 3.99. The summed E-state index contributed by atoms with van der Waals surface area (Å²) < 4.78 is 6.76. The third-order valence-electron chi connectivity index (χ3n) is 4.88. The molecular weight excluding hydrogens is 508 g/mol. The van der Waals surface area contributed by atoms with Crippen molar-refractivity contribution >= 4 is 62.1 Å². The van der Waals surface area contributed by atoms with E-state index in [0.29, 0.717) is 21.7 Å². The number of hydrogen-bond donors (Lipinski definition) is 1. The Bertz CT molecular complexity index is 1240. The molecule has 162 valence electrons. The van der Waals surface area contributed by atoms with Gasteiger partial charge in [0.05, 0.1) is 15.1 Å². The molecule has 1 heterocycles. The fraction of sp³-hybridized carbons (Fsp3) is 0.120. The molecule has 0 atom stereocenters. The van der Waals surface area contributed by atoms with Crippen LogP contribution in [-0.4, -0.2) is 11.1 Å². The van der Waals surface area contributed by atoms with Gasteiger partial charge in [-0.2, -0.15) is 0 Å². The molecule has 32 heavy (non-hydrogen) atoms. The van der Waals surface area contributed by atoms with Gasteiger partial charge >= 0.3 is 0 Å². The molecule has 7 heteroatoms. The Morgan fingerprint density at radius 2 is 1.91 bits per heavy atom. The minimum absolute atomic E-state index is 0.177. The number of hydrogen-bond acceptors (Lipinski definition) is 4. The van der Waals surface area contributed by atoms with E-state index in [4.69, 9.17) is 16.3 Å². The number of nitrogens with one attached hydrogen (secondary N) is 1. The molecule has 0 aliphatic carbocycles. The number of thioether (sulfide) groups is 1. The zero-order chi connectivity index (χ0) is 22.7. The zero-order valence-electron chi connectivity index (χ0n) is 17.5. The first-order chi connectivity index (χ1) is 15.4. The van der Waals surface area contributed by atoms with Crippen molar-refractivity contribution < 1.29 is 9.53 Å². The maximum Gasteiger partial charge on any atom is 0.264 e. The van der Waals surface area contributed by atoms with E-state index in [9.17, 15) is 4.79 Å². The summed E-state index contributed by atoms with van der Waals surface area (Å²) >= 11 is 11.0. The van der Waals surface area contributed by atoms with Crippen molar-refractivity contribution in [1.82, 2.24) is 5.32 Å². The lowest BCUT2D eigenvalue weighted by Gasteiger charge is -2.09. The average Bonchev–Trinajstić information content (AvgIpc) is 3.10. The van der Waals surface area contributed by atoms with Crippen molar-refractivity contribution in [1.29, 1.82) is 0 Å². The number of ether oxygens (including phenoxy) is 1. The summed E-state index contributed by atoms with van der Waals surface area (Å²) in [6.07, 6.45) is 1.84. The highest BCUT2D eigenvalue weighted by Crippen LogP contribution is 2.33. The van der Waals surface area contributed by atoms with Crippen LogP contribution in [0.5, 0.6) is 5.75 Å².